The van der Waals surface area contributed by atoms with Gasteiger partial charge in [-0.25, -0.2) is 4.79 Å². The molecule has 2 heterocycles. The Hall–Kier alpha value is -0.810. The number of aliphatic hydroxyl groups is 3. The molecule has 7 nitrogen and oxygen atoms in total. The predicted molar refractivity (Wildman–Crippen MR) is 139 cm³/mol. The fourth-order valence-corrected chi connectivity index (χ4v) is 10.6. The highest BCUT2D eigenvalue weighted by atomic mass is 127. The van der Waals surface area contributed by atoms with Crippen LogP contribution in [0.25, 0.3) is 0 Å². The maximum atomic E-state index is 13.7. The summed E-state index contributed by atoms with van der Waals surface area (Å²) in [5.41, 5.74) is -0.685. The molecule has 198 valence electrons. The number of epoxide rings is 1. The fourth-order valence-electron chi connectivity index (χ4n) is 9.82. The average molecular weight is 613 g/mol. The number of cyclic esters (lactones) is 1. The second-order valence-electron chi connectivity index (χ2n) is 12.6. The maximum absolute atomic E-state index is 13.7. The highest BCUT2D eigenvalue weighted by molar-refractivity contribution is 14.1. The second kappa shape index (κ2) is 8.34. The number of Topliss-reactive ketones (excluding diaryl/α,β-unsaturated/α-hetero) is 1. The molecule has 36 heavy (non-hydrogen) atoms. The van der Waals surface area contributed by atoms with E-state index >= 15 is 0 Å². The van der Waals surface area contributed by atoms with Gasteiger partial charge in [-0.1, -0.05) is 19.4 Å². The number of esters is 1. The molecule has 6 aliphatic rings. The van der Waals surface area contributed by atoms with Gasteiger partial charge in [0.25, 0.3) is 0 Å². The number of hydrogen-bond donors (Lipinski definition) is 3. The molecule has 0 radical (unpaired) electrons. The molecular weight excluding hydrogens is 575 g/mol. The van der Waals surface area contributed by atoms with Crippen molar-refractivity contribution in [2.45, 2.75) is 83.2 Å². The molecule has 6 rings (SSSR count). The number of hydrogen-bond acceptors (Lipinski definition) is 7. The van der Waals surface area contributed by atoms with E-state index in [9.17, 15) is 24.9 Å². The number of rotatable bonds is 4. The molecule has 2 aliphatic heterocycles. The summed E-state index contributed by atoms with van der Waals surface area (Å²) in [6, 6.07) is 0. The predicted octanol–water partition coefficient (Wildman–Crippen LogP) is 3.09. The van der Waals surface area contributed by atoms with Gasteiger partial charge in [-0.15, -0.1) is 0 Å². The van der Waals surface area contributed by atoms with Gasteiger partial charge in [0.2, 0.25) is 0 Å². The van der Waals surface area contributed by atoms with E-state index in [-0.39, 0.29) is 54.4 Å². The monoisotopic (exact) mass is 612 g/mol. The smallest absolute Gasteiger partial charge is 0.336 e. The van der Waals surface area contributed by atoms with Crippen LogP contribution in [0.4, 0.5) is 0 Å². The SMILES string of the molecule is CC1=C(CO)C(=O)O[C@@H]([C@@H](C)[C@H]2CC[C@H]3[C@@H]4C[C@H]5O[C@]56[C@@H](O)C=C(I)C(=O)[C@]6(CO)[C@H]4CC[C@]23C)C1. The van der Waals surface area contributed by atoms with Gasteiger partial charge in [-0.2, -0.15) is 0 Å². The van der Waals surface area contributed by atoms with Gasteiger partial charge in [0.05, 0.1) is 33.9 Å². The zero-order valence-corrected chi connectivity index (χ0v) is 23.4. The van der Waals surface area contributed by atoms with Gasteiger partial charge in [0, 0.05) is 6.42 Å². The number of aliphatic hydroxyl groups excluding tert-OH is 3. The van der Waals surface area contributed by atoms with Gasteiger partial charge in [0.15, 0.2) is 5.78 Å². The van der Waals surface area contributed by atoms with Gasteiger partial charge >= 0.3 is 5.97 Å². The molecule has 1 spiro atoms. The van der Waals surface area contributed by atoms with Crippen LogP contribution in [0.1, 0.15) is 59.3 Å². The van der Waals surface area contributed by atoms with Crippen molar-refractivity contribution in [2.24, 2.45) is 40.4 Å². The lowest BCUT2D eigenvalue weighted by molar-refractivity contribution is -0.164. The van der Waals surface area contributed by atoms with Crippen LogP contribution in [-0.4, -0.2) is 64.2 Å². The maximum Gasteiger partial charge on any atom is 0.336 e. The van der Waals surface area contributed by atoms with Crippen molar-refractivity contribution in [1.29, 1.82) is 0 Å². The first kappa shape index (κ1) is 25.5. The molecule has 0 aromatic carbocycles. The van der Waals surface area contributed by atoms with Crippen LogP contribution in [0, 0.1) is 40.4 Å². The largest absolute Gasteiger partial charge is 0.458 e. The highest BCUT2D eigenvalue weighted by Gasteiger charge is 2.82. The van der Waals surface area contributed by atoms with Crippen molar-refractivity contribution >= 4 is 34.3 Å². The number of ether oxygens (including phenoxy) is 2. The van der Waals surface area contributed by atoms with Crippen molar-refractivity contribution in [3.8, 4) is 0 Å². The van der Waals surface area contributed by atoms with E-state index in [2.05, 4.69) is 13.8 Å². The Kier molecular flexibility index (Phi) is 5.90. The number of allylic oxidation sites excluding steroid dienone is 1. The summed E-state index contributed by atoms with van der Waals surface area (Å²) in [5, 5.41) is 31.4. The summed E-state index contributed by atoms with van der Waals surface area (Å²) in [6.07, 6.45) is 5.69. The molecule has 1 saturated heterocycles. The average Bonchev–Trinajstić information content (AvgIpc) is 3.47. The molecular formula is C28H37IO7. The minimum absolute atomic E-state index is 0.0150. The normalized spacial score (nSPS) is 50.4. The zero-order chi connectivity index (χ0) is 25.8. The van der Waals surface area contributed by atoms with Crippen molar-refractivity contribution < 1.29 is 34.4 Å². The first-order valence-electron chi connectivity index (χ1n) is 13.5. The molecule has 0 unspecified atom stereocenters. The Bertz CT molecular complexity index is 1070. The molecule has 4 aliphatic carbocycles. The minimum Gasteiger partial charge on any atom is -0.458 e. The summed E-state index contributed by atoms with van der Waals surface area (Å²) in [4.78, 5) is 26.2. The lowest BCUT2D eigenvalue weighted by Crippen LogP contribution is -2.67. The van der Waals surface area contributed by atoms with E-state index in [1.807, 2.05) is 29.5 Å². The summed E-state index contributed by atoms with van der Waals surface area (Å²) >= 11 is 2.01. The van der Waals surface area contributed by atoms with Crippen molar-refractivity contribution in [3.63, 3.8) is 0 Å². The third-order valence-electron chi connectivity index (χ3n) is 11.6. The minimum atomic E-state index is -1.07. The number of carbonyl (C=O) groups is 2. The molecule has 8 heteroatoms. The van der Waals surface area contributed by atoms with Crippen LogP contribution >= 0.6 is 22.6 Å². The van der Waals surface area contributed by atoms with Crippen LogP contribution in [0.5, 0.6) is 0 Å². The Balaban J connectivity index is 1.30. The van der Waals surface area contributed by atoms with Gasteiger partial charge in [-0.05, 0) is 103 Å². The third-order valence-corrected chi connectivity index (χ3v) is 12.5. The van der Waals surface area contributed by atoms with Crippen LogP contribution < -0.4 is 0 Å². The van der Waals surface area contributed by atoms with E-state index < -0.39 is 23.1 Å². The van der Waals surface area contributed by atoms with E-state index in [1.165, 1.54) is 0 Å². The number of fused-ring (bicyclic) bond motifs is 4. The Labute approximate surface area is 225 Å². The number of ketones is 1. The standard InChI is InChI=1S/C28H37IO7/c1-13-8-21(35-25(34)16(13)11-30)14(2)17-4-5-18-15-9-23-28(36-23)22(32)10-20(29)24(33)27(28,12-31)19(15)6-7-26(17,18)3/h10,14-15,17-19,21-23,30-32H,4-9,11-12H2,1-3H3/t14-,15-,17+,18-,19-,21+,22-,23+,26+,27-,28+/m0/s1. The number of halogens is 1. The molecule has 0 amide bonds. The summed E-state index contributed by atoms with van der Waals surface area (Å²) < 4.78 is 12.6. The fraction of sp³-hybridized carbons (Fsp3) is 0.786. The van der Waals surface area contributed by atoms with Crippen LogP contribution in [0.3, 0.4) is 0 Å². The first-order chi connectivity index (χ1) is 17.1. The third kappa shape index (κ3) is 2.99. The molecule has 0 bridgehead atoms. The molecule has 0 aromatic rings. The summed E-state index contributed by atoms with van der Waals surface area (Å²) in [6.45, 7) is 5.94. The lowest BCUT2D eigenvalue weighted by atomic mass is 9.44. The quantitative estimate of drug-likeness (QED) is 0.254. The number of carbonyl (C=O) groups excluding carboxylic acids is 2. The van der Waals surface area contributed by atoms with Crippen LogP contribution in [0.15, 0.2) is 20.8 Å². The molecule has 11 atom stereocenters. The lowest BCUT2D eigenvalue weighted by Gasteiger charge is -2.59. The first-order valence-corrected chi connectivity index (χ1v) is 14.5. The van der Waals surface area contributed by atoms with Crippen molar-refractivity contribution in [3.05, 3.63) is 20.8 Å². The second-order valence-corrected chi connectivity index (χ2v) is 13.7. The van der Waals surface area contributed by atoms with Gasteiger partial charge in [0.1, 0.15) is 17.8 Å². The van der Waals surface area contributed by atoms with E-state index in [0.717, 1.165) is 37.7 Å². The molecule has 3 saturated carbocycles. The van der Waals surface area contributed by atoms with E-state index in [4.69, 9.17) is 9.47 Å². The van der Waals surface area contributed by atoms with Crippen molar-refractivity contribution in [2.75, 3.05) is 13.2 Å². The van der Waals surface area contributed by atoms with Gasteiger partial charge in [-0.3, -0.25) is 4.79 Å². The summed E-state index contributed by atoms with van der Waals surface area (Å²) in [7, 11) is 0. The molecule has 0 aromatic heterocycles. The summed E-state index contributed by atoms with van der Waals surface area (Å²) in [5.74, 6) is 0.751. The van der Waals surface area contributed by atoms with Crippen LogP contribution in [0.2, 0.25) is 0 Å². The Morgan fingerprint density at radius 3 is 2.61 bits per heavy atom. The molecule has 3 N–H and O–H groups in total. The Morgan fingerprint density at radius 1 is 1.19 bits per heavy atom. The topological polar surface area (TPSA) is 117 Å². The van der Waals surface area contributed by atoms with E-state index in [0.29, 0.717) is 27.4 Å². The Morgan fingerprint density at radius 2 is 1.94 bits per heavy atom. The van der Waals surface area contributed by atoms with E-state index in [1.54, 1.807) is 6.08 Å². The molecule has 4 fully saturated rings. The zero-order valence-electron chi connectivity index (χ0n) is 21.2. The van der Waals surface area contributed by atoms with Crippen molar-refractivity contribution in [1.82, 2.24) is 0 Å². The highest BCUT2D eigenvalue weighted by Crippen LogP contribution is 2.73. The van der Waals surface area contributed by atoms with Crippen LogP contribution in [-0.2, 0) is 19.1 Å². The van der Waals surface area contributed by atoms with Gasteiger partial charge < -0.3 is 24.8 Å².